The van der Waals surface area contributed by atoms with Crippen molar-refractivity contribution in [3.05, 3.63) is 89.7 Å². The summed E-state index contributed by atoms with van der Waals surface area (Å²) in [4.78, 5) is 11.9. The van der Waals surface area contributed by atoms with E-state index in [1.807, 2.05) is 6.07 Å². The molecular formula is C23H19FN2O5S. The Morgan fingerprint density at radius 2 is 1.72 bits per heavy atom. The van der Waals surface area contributed by atoms with Gasteiger partial charge in [0, 0.05) is 13.6 Å². The fourth-order valence-corrected chi connectivity index (χ4v) is 3.91. The third-order valence-electron chi connectivity index (χ3n) is 4.40. The van der Waals surface area contributed by atoms with E-state index in [4.69, 9.17) is 14.7 Å². The number of halogens is 1. The van der Waals surface area contributed by atoms with Crippen LogP contribution < -0.4 is 9.47 Å². The van der Waals surface area contributed by atoms with Gasteiger partial charge in [-0.05, 0) is 60.2 Å². The van der Waals surface area contributed by atoms with E-state index >= 15 is 0 Å². The van der Waals surface area contributed by atoms with Gasteiger partial charge in [-0.1, -0.05) is 18.2 Å². The van der Waals surface area contributed by atoms with Crippen LogP contribution in [-0.4, -0.2) is 32.3 Å². The zero-order valence-corrected chi connectivity index (χ0v) is 17.9. The van der Waals surface area contributed by atoms with Gasteiger partial charge in [-0.3, -0.25) is 0 Å². The minimum Gasteiger partial charge on any atom is -0.482 e. The van der Waals surface area contributed by atoms with E-state index in [0.717, 1.165) is 16.4 Å². The van der Waals surface area contributed by atoms with Gasteiger partial charge >= 0.3 is 5.97 Å². The number of carbonyl (C=O) groups is 1. The molecule has 0 aliphatic rings. The van der Waals surface area contributed by atoms with E-state index in [1.54, 1.807) is 42.5 Å². The largest absolute Gasteiger partial charge is 0.482 e. The molecule has 9 heteroatoms. The average molecular weight is 454 g/mol. The minimum absolute atomic E-state index is 0.000160. The van der Waals surface area contributed by atoms with Crippen LogP contribution in [0.2, 0.25) is 0 Å². The van der Waals surface area contributed by atoms with Crippen molar-refractivity contribution >= 4 is 16.0 Å². The summed E-state index contributed by atoms with van der Waals surface area (Å²) < 4.78 is 49.9. The summed E-state index contributed by atoms with van der Waals surface area (Å²) in [6.07, 6.45) is 0. The van der Waals surface area contributed by atoms with E-state index in [-0.39, 0.29) is 23.8 Å². The number of hydrogen-bond donors (Lipinski definition) is 0. The van der Waals surface area contributed by atoms with Crippen molar-refractivity contribution in [1.29, 1.82) is 5.26 Å². The molecule has 0 atom stereocenters. The van der Waals surface area contributed by atoms with Gasteiger partial charge in [-0.2, -0.15) is 9.57 Å². The number of sulfonamides is 1. The second-order valence-corrected chi connectivity index (χ2v) is 8.81. The lowest BCUT2D eigenvalue weighted by Crippen LogP contribution is -2.26. The summed E-state index contributed by atoms with van der Waals surface area (Å²) in [7, 11) is -2.34. The molecule has 3 rings (SSSR count). The first kappa shape index (κ1) is 22.9. The average Bonchev–Trinajstić information content (AvgIpc) is 2.79. The summed E-state index contributed by atoms with van der Waals surface area (Å²) in [5, 5.41) is 8.87. The van der Waals surface area contributed by atoms with Gasteiger partial charge in [0.1, 0.15) is 17.3 Å². The molecule has 3 aromatic carbocycles. The first-order valence-corrected chi connectivity index (χ1v) is 10.9. The standard InChI is InChI=1S/C23H19FN2O5S/c1-26(32(28,29)22-11-7-19(24)8-12-22)15-17-5-9-20(10-6-17)30-16-23(27)31-21-4-2-3-18(13-21)14-25/h2-13H,15-16H2,1H3. The van der Waals surface area contributed by atoms with Gasteiger partial charge in [0.15, 0.2) is 6.61 Å². The molecule has 32 heavy (non-hydrogen) atoms. The Balaban J connectivity index is 1.55. The van der Waals surface area contributed by atoms with Crippen molar-refractivity contribution in [1.82, 2.24) is 4.31 Å². The van der Waals surface area contributed by atoms with E-state index in [9.17, 15) is 17.6 Å². The zero-order chi connectivity index (χ0) is 23.1. The fraction of sp³-hybridized carbons (Fsp3) is 0.130. The number of nitrogens with zero attached hydrogens (tertiary/aromatic N) is 2. The molecule has 0 amide bonds. The number of hydrogen-bond acceptors (Lipinski definition) is 6. The lowest BCUT2D eigenvalue weighted by Gasteiger charge is -2.17. The fourth-order valence-electron chi connectivity index (χ4n) is 2.75. The number of rotatable bonds is 8. The van der Waals surface area contributed by atoms with Crippen molar-refractivity contribution in [3.63, 3.8) is 0 Å². The first-order valence-electron chi connectivity index (χ1n) is 9.42. The molecule has 0 saturated carbocycles. The SMILES string of the molecule is CN(Cc1ccc(OCC(=O)Oc2cccc(C#N)c2)cc1)S(=O)(=O)c1ccc(F)cc1. The van der Waals surface area contributed by atoms with Crippen LogP contribution in [-0.2, 0) is 21.4 Å². The number of carbonyl (C=O) groups excluding carboxylic acids is 1. The maximum Gasteiger partial charge on any atom is 0.349 e. The van der Waals surface area contributed by atoms with Crippen LogP contribution in [0.4, 0.5) is 4.39 Å². The molecule has 3 aromatic rings. The van der Waals surface area contributed by atoms with Gasteiger partial charge in [0.05, 0.1) is 16.5 Å². The highest BCUT2D eigenvalue weighted by Gasteiger charge is 2.21. The normalized spacial score (nSPS) is 11.1. The highest BCUT2D eigenvalue weighted by molar-refractivity contribution is 7.89. The number of ether oxygens (including phenoxy) is 2. The smallest absolute Gasteiger partial charge is 0.349 e. The second kappa shape index (κ2) is 10.0. The molecule has 0 radical (unpaired) electrons. The summed E-state index contributed by atoms with van der Waals surface area (Å²) >= 11 is 0. The Labute approximate surface area is 185 Å². The Morgan fingerprint density at radius 3 is 2.38 bits per heavy atom. The molecule has 0 spiro atoms. The monoisotopic (exact) mass is 454 g/mol. The molecule has 0 aliphatic carbocycles. The molecule has 0 unspecified atom stereocenters. The molecule has 0 heterocycles. The molecule has 0 fully saturated rings. The Morgan fingerprint density at radius 1 is 1.03 bits per heavy atom. The first-order chi connectivity index (χ1) is 15.3. The molecule has 0 aliphatic heterocycles. The maximum atomic E-state index is 13.1. The van der Waals surface area contributed by atoms with Gasteiger partial charge in [0.2, 0.25) is 10.0 Å². The van der Waals surface area contributed by atoms with Crippen molar-refractivity contribution in [2.75, 3.05) is 13.7 Å². The molecular weight excluding hydrogens is 435 g/mol. The van der Waals surface area contributed by atoms with Gasteiger partial charge in [-0.15, -0.1) is 0 Å². The summed E-state index contributed by atoms with van der Waals surface area (Å²) in [5.74, 6) is -0.491. The second-order valence-electron chi connectivity index (χ2n) is 6.76. The molecule has 164 valence electrons. The lowest BCUT2D eigenvalue weighted by molar-refractivity contribution is -0.136. The van der Waals surface area contributed by atoms with Crippen LogP contribution in [0.1, 0.15) is 11.1 Å². The van der Waals surface area contributed by atoms with Crippen molar-refractivity contribution in [2.45, 2.75) is 11.4 Å². The van der Waals surface area contributed by atoms with Crippen molar-refractivity contribution in [3.8, 4) is 17.6 Å². The molecule has 7 nitrogen and oxygen atoms in total. The summed E-state index contributed by atoms with van der Waals surface area (Å²) in [6.45, 7) is -0.244. The number of benzene rings is 3. The Hall–Kier alpha value is -3.74. The van der Waals surface area contributed by atoms with Gasteiger partial charge in [0.25, 0.3) is 0 Å². The van der Waals surface area contributed by atoms with E-state index in [0.29, 0.717) is 16.9 Å². The third kappa shape index (κ3) is 5.91. The minimum atomic E-state index is -3.77. The van der Waals surface area contributed by atoms with Crippen molar-refractivity contribution < 1.29 is 27.1 Å². The topological polar surface area (TPSA) is 96.7 Å². The highest BCUT2D eigenvalue weighted by atomic mass is 32.2. The van der Waals surface area contributed by atoms with Crippen molar-refractivity contribution in [2.24, 2.45) is 0 Å². The molecule has 0 bridgehead atoms. The Kier molecular flexibility index (Phi) is 7.20. The molecule has 0 N–H and O–H groups in total. The van der Waals surface area contributed by atoms with Gasteiger partial charge < -0.3 is 9.47 Å². The van der Waals surface area contributed by atoms with Crippen LogP contribution in [0.5, 0.6) is 11.5 Å². The number of esters is 1. The van der Waals surface area contributed by atoms with Crippen LogP contribution in [0.15, 0.2) is 77.7 Å². The predicted molar refractivity (Wildman–Crippen MR) is 114 cm³/mol. The lowest BCUT2D eigenvalue weighted by atomic mass is 10.2. The van der Waals surface area contributed by atoms with Crippen LogP contribution >= 0.6 is 0 Å². The van der Waals surface area contributed by atoms with Crippen LogP contribution in [0.3, 0.4) is 0 Å². The quantitative estimate of drug-likeness (QED) is 0.382. The maximum absolute atomic E-state index is 13.1. The zero-order valence-electron chi connectivity index (χ0n) is 17.1. The predicted octanol–water partition coefficient (Wildman–Crippen LogP) is 3.50. The van der Waals surface area contributed by atoms with E-state index in [2.05, 4.69) is 0 Å². The third-order valence-corrected chi connectivity index (χ3v) is 6.22. The molecule has 0 aromatic heterocycles. The number of nitriles is 1. The van der Waals surface area contributed by atoms with Crippen LogP contribution in [0.25, 0.3) is 0 Å². The van der Waals surface area contributed by atoms with E-state index in [1.165, 1.54) is 25.2 Å². The summed E-state index contributed by atoms with van der Waals surface area (Å²) in [5.41, 5.74) is 1.07. The van der Waals surface area contributed by atoms with Gasteiger partial charge in [-0.25, -0.2) is 17.6 Å². The Bertz CT molecular complexity index is 1240. The highest BCUT2D eigenvalue weighted by Crippen LogP contribution is 2.19. The van der Waals surface area contributed by atoms with E-state index < -0.39 is 21.8 Å². The molecule has 0 saturated heterocycles. The summed E-state index contributed by atoms with van der Waals surface area (Å²) in [6, 6.07) is 19.4. The van der Waals surface area contributed by atoms with Crippen LogP contribution in [0, 0.1) is 17.1 Å².